The molecule has 0 aromatic carbocycles. The van der Waals surface area contributed by atoms with Crippen LogP contribution in [0.4, 0.5) is 0 Å². The van der Waals surface area contributed by atoms with Crippen LogP contribution in [0.3, 0.4) is 0 Å². The second-order valence-electron chi connectivity index (χ2n) is 2.74. The Morgan fingerprint density at radius 3 is 2.85 bits per heavy atom. The molecule has 0 spiro atoms. The fourth-order valence-corrected chi connectivity index (χ4v) is 2.95. The Morgan fingerprint density at radius 2 is 2.46 bits per heavy atom. The number of nitrogens with zero attached hydrogens (tertiary/aromatic N) is 1. The van der Waals surface area contributed by atoms with E-state index in [0.29, 0.717) is 0 Å². The number of carbonyl (C=O) groups is 1. The fraction of sp³-hybridized carbons (Fsp3) is 0.333. The van der Waals surface area contributed by atoms with Gasteiger partial charge >= 0.3 is 87.7 Å². The van der Waals surface area contributed by atoms with Gasteiger partial charge in [0.05, 0.1) is 0 Å². The summed E-state index contributed by atoms with van der Waals surface area (Å²) < 4.78 is 0.0425. The summed E-state index contributed by atoms with van der Waals surface area (Å²) >= 11 is 1.39. The Hall–Kier alpha value is -0.621. The first kappa shape index (κ1) is 10.5. The van der Waals surface area contributed by atoms with Gasteiger partial charge in [-0.2, -0.15) is 0 Å². The molecular weight excluding hydrogens is 249 g/mol. The maximum absolute atomic E-state index is 11.6. The molecule has 1 atom stereocenters. The van der Waals surface area contributed by atoms with Gasteiger partial charge in [0.2, 0.25) is 0 Å². The first-order valence-electron chi connectivity index (χ1n) is 3.67. The summed E-state index contributed by atoms with van der Waals surface area (Å²) in [6.07, 6.45) is 0. The topological polar surface area (TPSA) is 40.9 Å². The van der Waals surface area contributed by atoms with Gasteiger partial charge < -0.3 is 0 Å². The second kappa shape index (κ2) is 4.06. The zero-order valence-electron chi connectivity index (χ0n) is 7.40. The average Bonchev–Trinajstić information content (AvgIpc) is 2.68. The van der Waals surface area contributed by atoms with Crippen LogP contribution in [0, 0.1) is 11.3 Å². The molecule has 0 fully saturated rings. The molecule has 4 heteroatoms. The molecule has 68 valence electrons. The molecule has 0 aliphatic carbocycles. The summed E-state index contributed by atoms with van der Waals surface area (Å²) in [5.74, 6) is 1.84. The van der Waals surface area contributed by atoms with Gasteiger partial charge in [-0.05, 0) is 0 Å². The van der Waals surface area contributed by atoms with Crippen molar-refractivity contribution >= 4 is 31.0 Å². The standard InChI is InChI=1S/C9H9NOSSe/c1-9(6-10,8(11)13-2)7-3-4-12-5-7/h3-5H,1-2H3. The Balaban J connectivity index is 3.10. The van der Waals surface area contributed by atoms with E-state index in [1.54, 1.807) is 6.92 Å². The molecule has 0 aliphatic heterocycles. The average molecular weight is 258 g/mol. The SMILES string of the molecule is C[Se]C(=O)C(C)(C#N)c1ccsc1. The molecule has 0 saturated carbocycles. The van der Waals surface area contributed by atoms with E-state index in [2.05, 4.69) is 6.07 Å². The molecule has 0 N–H and O–H groups in total. The minimum absolute atomic E-state index is 0.0425. The molecule has 0 aliphatic rings. The van der Waals surface area contributed by atoms with Gasteiger partial charge in [-0.25, -0.2) is 0 Å². The summed E-state index contributed by atoms with van der Waals surface area (Å²) in [5.41, 5.74) is -0.0944. The Bertz CT molecular complexity index is 341. The van der Waals surface area contributed by atoms with Gasteiger partial charge in [0.25, 0.3) is 0 Å². The van der Waals surface area contributed by atoms with Gasteiger partial charge in [0, 0.05) is 0 Å². The van der Waals surface area contributed by atoms with Crippen LogP contribution in [-0.2, 0) is 10.2 Å². The van der Waals surface area contributed by atoms with Crippen molar-refractivity contribution in [2.75, 3.05) is 0 Å². The van der Waals surface area contributed by atoms with Crippen molar-refractivity contribution in [2.24, 2.45) is 0 Å². The summed E-state index contributed by atoms with van der Waals surface area (Å²) in [6.45, 7) is 1.70. The van der Waals surface area contributed by atoms with E-state index < -0.39 is 5.41 Å². The minimum atomic E-state index is -0.922. The molecule has 1 aromatic rings. The van der Waals surface area contributed by atoms with Gasteiger partial charge in [-0.1, -0.05) is 0 Å². The number of hydrogen-bond acceptors (Lipinski definition) is 3. The molecule has 2 nitrogen and oxygen atoms in total. The zero-order chi connectivity index (χ0) is 9.90. The molecular formula is C9H9NOSSe. The van der Waals surface area contributed by atoms with E-state index in [9.17, 15) is 4.79 Å². The summed E-state index contributed by atoms with van der Waals surface area (Å²) in [5, 5.41) is 12.8. The Morgan fingerprint density at radius 1 is 1.77 bits per heavy atom. The van der Waals surface area contributed by atoms with E-state index in [-0.39, 0.29) is 19.6 Å². The number of rotatable bonds is 3. The Labute approximate surface area is 87.7 Å². The van der Waals surface area contributed by atoms with Crippen LogP contribution in [0.5, 0.6) is 0 Å². The third kappa shape index (κ3) is 1.83. The predicted octanol–water partition coefficient (Wildman–Crippen LogP) is 1.81. The number of carbonyl (C=O) groups excluding carboxylic acids is 1. The maximum atomic E-state index is 11.6. The Kier molecular flexibility index (Phi) is 3.27. The normalized spacial score (nSPS) is 14.5. The van der Waals surface area contributed by atoms with Crippen molar-refractivity contribution in [1.82, 2.24) is 0 Å². The van der Waals surface area contributed by atoms with Crippen molar-refractivity contribution < 1.29 is 4.79 Å². The van der Waals surface area contributed by atoms with Crippen molar-refractivity contribution in [1.29, 1.82) is 5.26 Å². The summed E-state index contributed by atoms with van der Waals surface area (Å²) in [7, 11) is 0. The molecule has 1 unspecified atom stereocenters. The monoisotopic (exact) mass is 259 g/mol. The molecule has 0 amide bonds. The molecule has 1 aromatic heterocycles. The number of hydrogen-bond donors (Lipinski definition) is 0. The quantitative estimate of drug-likeness (QED) is 0.776. The second-order valence-corrected chi connectivity index (χ2v) is 5.15. The van der Waals surface area contributed by atoms with Crippen LogP contribution in [0.25, 0.3) is 0 Å². The van der Waals surface area contributed by atoms with Crippen LogP contribution >= 0.6 is 11.3 Å². The van der Waals surface area contributed by atoms with Crippen molar-refractivity contribution in [2.45, 2.75) is 18.2 Å². The van der Waals surface area contributed by atoms with Gasteiger partial charge in [-0.3, -0.25) is 0 Å². The molecule has 1 heterocycles. The molecule has 0 bridgehead atoms. The van der Waals surface area contributed by atoms with Gasteiger partial charge in [0.1, 0.15) is 0 Å². The number of thiophene rings is 1. The summed E-state index contributed by atoms with van der Waals surface area (Å²) in [6, 6.07) is 3.95. The summed E-state index contributed by atoms with van der Waals surface area (Å²) in [4.78, 5) is 11.6. The van der Waals surface area contributed by atoms with Crippen LogP contribution in [0.1, 0.15) is 12.5 Å². The van der Waals surface area contributed by atoms with Crippen LogP contribution in [0.2, 0.25) is 5.82 Å². The van der Waals surface area contributed by atoms with E-state index >= 15 is 0 Å². The van der Waals surface area contributed by atoms with E-state index in [1.807, 2.05) is 22.6 Å². The predicted molar refractivity (Wildman–Crippen MR) is 53.9 cm³/mol. The molecule has 0 saturated heterocycles. The van der Waals surface area contributed by atoms with Gasteiger partial charge in [-0.15, -0.1) is 0 Å². The van der Waals surface area contributed by atoms with Crippen molar-refractivity contribution in [3.05, 3.63) is 22.4 Å². The first-order valence-corrected chi connectivity index (χ1v) is 7.18. The van der Waals surface area contributed by atoms with Crippen molar-refractivity contribution in [3.8, 4) is 6.07 Å². The van der Waals surface area contributed by atoms with Crippen LogP contribution in [0.15, 0.2) is 16.8 Å². The van der Waals surface area contributed by atoms with E-state index in [4.69, 9.17) is 5.26 Å². The van der Waals surface area contributed by atoms with Crippen molar-refractivity contribution in [3.63, 3.8) is 0 Å². The van der Waals surface area contributed by atoms with Crippen LogP contribution in [-0.4, -0.2) is 19.6 Å². The molecule has 13 heavy (non-hydrogen) atoms. The number of nitriles is 1. The van der Waals surface area contributed by atoms with E-state index in [1.165, 1.54) is 11.3 Å². The zero-order valence-corrected chi connectivity index (χ0v) is 9.93. The van der Waals surface area contributed by atoms with Gasteiger partial charge in [0.15, 0.2) is 0 Å². The van der Waals surface area contributed by atoms with Crippen LogP contribution < -0.4 is 0 Å². The fourth-order valence-electron chi connectivity index (χ4n) is 0.981. The molecule has 0 radical (unpaired) electrons. The van der Waals surface area contributed by atoms with E-state index in [0.717, 1.165) is 5.56 Å². The first-order chi connectivity index (χ1) is 6.15. The molecule has 1 rings (SSSR count). The third-order valence-electron chi connectivity index (χ3n) is 1.92. The third-order valence-corrected chi connectivity index (χ3v) is 4.23.